The average molecular weight is 391 g/mol. The van der Waals surface area contributed by atoms with Crippen molar-refractivity contribution in [3.8, 4) is 17.2 Å². The van der Waals surface area contributed by atoms with Crippen molar-refractivity contribution in [1.82, 2.24) is 15.1 Å². The van der Waals surface area contributed by atoms with E-state index in [9.17, 15) is 9.59 Å². The number of fused-ring (bicyclic) bond motifs is 1. The molecule has 1 N–H and O–H groups in total. The number of unbranched alkanes of at least 4 members (excludes halogenated alkanes) is 1. The number of methoxy groups -OCH3 is 1. The van der Waals surface area contributed by atoms with Gasteiger partial charge in [-0.3, -0.25) is 14.5 Å². The van der Waals surface area contributed by atoms with E-state index in [1.54, 1.807) is 24.1 Å². The van der Waals surface area contributed by atoms with E-state index in [0.717, 1.165) is 19.4 Å². The molecular formula is C20H29N3O5. The van der Waals surface area contributed by atoms with Crippen molar-refractivity contribution in [3.05, 3.63) is 17.7 Å². The van der Waals surface area contributed by atoms with E-state index in [0.29, 0.717) is 68.7 Å². The Balaban J connectivity index is 1.56. The van der Waals surface area contributed by atoms with Gasteiger partial charge in [-0.05, 0) is 18.6 Å². The van der Waals surface area contributed by atoms with Gasteiger partial charge in [-0.15, -0.1) is 0 Å². The molecule has 8 heteroatoms. The highest BCUT2D eigenvalue weighted by molar-refractivity contribution is 5.95. The number of benzene rings is 1. The lowest BCUT2D eigenvalue weighted by Gasteiger charge is -2.34. The molecule has 1 fully saturated rings. The topological polar surface area (TPSA) is 80.3 Å². The number of nitrogens with zero attached hydrogens (tertiary/aromatic N) is 2. The Hall–Kier alpha value is -2.48. The molecule has 0 atom stereocenters. The van der Waals surface area contributed by atoms with Crippen molar-refractivity contribution < 1.29 is 23.8 Å². The minimum absolute atomic E-state index is 0.0461. The molecule has 1 saturated heterocycles. The molecular weight excluding hydrogens is 362 g/mol. The summed E-state index contributed by atoms with van der Waals surface area (Å²) in [7, 11) is 1.55. The maximum absolute atomic E-state index is 12.9. The van der Waals surface area contributed by atoms with Gasteiger partial charge in [0.2, 0.25) is 11.7 Å². The number of hydrogen-bond acceptors (Lipinski definition) is 6. The summed E-state index contributed by atoms with van der Waals surface area (Å²) in [6.07, 6.45) is 2.05. The van der Waals surface area contributed by atoms with Gasteiger partial charge >= 0.3 is 0 Å². The third kappa shape index (κ3) is 4.86. The van der Waals surface area contributed by atoms with Crippen LogP contribution in [0.4, 0.5) is 0 Å². The monoisotopic (exact) mass is 391 g/mol. The van der Waals surface area contributed by atoms with Crippen LogP contribution < -0.4 is 19.5 Å². The Kier molecular flexibility index (Phi) is 6.97. The molecule has 0 unspecified atom stereocenters. The van der Waals surface area contributed by atoms with E-state index in [2.05, 4.69) is 17.1 Å². The van der Waals surface area contributed by atoms with Gasteiger partial charge in [0.15, 0.2) is 11.5 Å². The Morgan fingerprint density at radius 3 is 2.61 bits per heavy atom. The second-order valence-electron chi connectivity index (χ2n) is 6.97. The van der Waals surface area contributed by atoms with Gasteiger partial charge < -0.3 is 24.4 Å². The van der Waals surface area contributed by atoms with Crippen molar-refractivity contribution in [2.24, 2.45) is 0 Å². The molecule has 0 spiro atoms. The van der Waals surface area contributed by atoms with Crippen LogP contribution in [0.1, 0.15) is 30.1 Å². The van der Waals surface area contributed by atoms with Crippen LogP contribution in [0.3, 0.4) is 0 Å². The van der Waals surface area contributed by atoms with Crippen LogP contribution in [0.15, 0.2) is 12.1 Å². The van der Waals surface area contributed by atoms with Gasteiger partial charge in [0.1, 0.15) is 13.2 Å². The predicted molar refractivity (Wildman–Crippen MR) is 104 cm³/mol. The maximum Gasteiger partial charge on any atom is 0.254 e. The minimum Gasteiger partial charge on any atom is -0.493 e. The molecule has 1 aromatic carbocycles. The number of nitrogens with one attached hydrogen (secondary N) is 1. The second-order valence-corrected chi connectivity index (χ2v) is 6.97. The Morgan fingerprint density at radius 2 is 1.89 bits per heavy atom. The Bertz CT molecular complexity index is 684. The zero-order valence-corrected chi connectivity index (χ0v) is 16.7. The van der Waals surface area contributed by atoms with E-state index >= 15 is 0 Å². The molecule has 0 bridgehead atoms. The largest absolute Gasteiger partial charge is 0.493 e. The lowest BCUT2D eigenvalue weighted by molar-refractivity contribution is -0.122. The summed E-state index contributed by atoms with van der Waals surface area (Å²) in [6, 6.07) is 3.41. The van der Waals surface area contributed by atoms with Crippen LogP contribution in [0.5, 0.6) is 17.2 Å². The third-order valence-corrected chi connectivity index (χ3v) is 4.95. The molecule has 0 aromatic heterocycles. The van der Waals surface area contributed by atoms with Gasteiger partial charge in [0.05, 0.1) is 13.7 Å². The summed E-state index contributed by atoms with van der Waals surface area (Å²) in [5, 5.41) is 2.93. The molecule has 8 nitrogen and oxygen atoms in total. The first-order valence-electron chi connectivity index (χ1n) is 9.88. The van der Waals surface area contributed by atoms with E-state index in [4.69, 9.17) is 14.2 Å². The zero-order valence-electron chi connectivity index (χ0n) is 16.7. The number of piperazine rings is 1. The molecule has 2 aliphatic heterocycles. The van der Waals surface area contributed by atoms with Crippen LogP contribution in [0.25, 0.3) is 0 Å². The van der Waals surface area contributed by atoms with Gasteiger partial charge in [-0.1, -0.05) is 13.3 Å². The van der Waals surface area contributed by atoms with E-state index in [-0.39, 0.29) is 11.8 Å². The van der Waals surface area contributed by atoms with Gasteiger partial charge in [-0.25, -0.2) is 0 Å². The summed E-state index contributed by atoms with van der Waals surface area (Å²) >= 11 is 0. The van der Waals surface area contributed by atoms with Crippen LogP contribution in [-0.2, 0) is 4.79 Å². The summed E-state index contributed by atoms with van der Waals surface area (Å²) in [5.74, 6) is 1.57. The number of ether oxygens (including phenoxy) is 3. The molecule has 0 radical (unpaired) electrons. The van der Waals surface area contributed by atoms with Crippen molar-refractivity contribution in [3.63, 3.8) is 0 Å². The molecule has 2 amide bonds. The van der Waals surface area contributed by atoms with Crippen molar-refractivity contribution in [2.75, 3.05) is 59.6 Å². The normalized spacial score (nSPS) is 16.6. The number of amides is 2. The Morgan fingerprint density at radius 1 is 1.14 bits per heavy atom. The third-order valence-electron chi connectivity index (χ3n) is 4.95. The number of carbonyl (C=O) groups is 2. The van der Waals surface area contributed by atoms with Crippen LogP contribution >= 0.6 is 0 Å². The van der Waals surface area contributed by atoms with Crippen molar-refractivity contribution in [1.29, 1.82) is 0 Å². The number of hydrogen-bond donors (Lipinski definition) is 1. The van der Waals surface area contributed by atoms with Crippen LogP contribution in [0, 0.1) is 0 Å². The molecule has 3 rings (SSSR count). The van der Waals surface area contributed by atoms with Crippen molar-refractivity contribution in [2.45, 2.75) is 19.8 Å². The molecule has 154 valence electrons. The number of carbonyl (C=O) groups excluding carboxylic acids is 2. The van der Waals surface area contributed by atoms with Gasteiger partial charge in [0.25, 0.3) is 5.91 Å². The maximum atomic E-state index is 12.9. The lowest BCUT2D eigenvalue weighted by Crippen LogP contribution is -2.51. The first-order chi connectivity index (χ1) is 13.6. The highest BCUT2D eigenvalue weighted by Crippen LogP contribution is 2.40. The minimum atomic E-state index is -0.0673. The van der Waals surface area contributed by atoms with E-state index < -0.39 is 0 Å². The van der Waals surface area contributed by atoms with Gasteiger partial charge in [-0.2, -0.15) is 0 Å². The van der Waals surface area contributed by atoms with E-state index in [1.165, 1.54) is 0 Å². The fourth-order valence-corrected chi connectivity index (χ4v) is 3.35. The summed E-state index contributed by atoms with van der Waals surface area (Å²) in [4.78, 5) is 28.8. The fraction of sp³-hybridized carbons (Fsp3) is 0.600. The zero-order chi connectivity index (χ0) is 19.9. The first kappa shape index (κ1) is 20.3. The van der Waals surface area contributed by atoms with Gasteiger partial charge in [0, 0.05) is 38.3 Å². The molecule has 28 heavy (non-hydrogen) atoms. The van der Waals surface area contributed by atoms with E-state index in [1.807, 2.05) is 0 Å². The van der Waals surface area contributed by atoms with Crippen LogP contribution in [0.2, 0.25) is 0 Å². The molecule has 2 heterocycles. The lowest BCUT2D eigenvalue weighted by atomic mass is 10.1. The predicted octanol–water partition coefficient (Wildman–Crippen LogP) is 1.14. The van der Waals surface area contributed by atoms with Crippen molar-refractivity contribution >= 4 is 11.8 Å². The van der Waals surface area contributed by atoms with Crippen LogP contribution in [-0.4, -0.2) is 81.2 Å². The smallest absolute Gasteiger partial charge is 0.254 e. The quantitative estimate of drug-likeness (QED) is 0.702. The highest BCUT2D eigenvalue weighted by Gasteiger charge is 2.26. The first-order valence-corrected chi connectivity index (χ1v) is 9.88. The molecule has 0 saturated carbocycles. The number of rotatable bonds is 7. The summed E-state index contributed by atoms with van der Waals surface area (Å²) in [5.41, 5.74) is 0.520. The summed E-state index contributed by atoms with van der Waals surface area (Å²) in [6.45, 7) is 6.62. The molecule has 0 aliphatic carbocycles. The molecule has 1 aromatic rings. The SMILES string of the molecule is CCCCNC(=O)CN1CCN(C(=O)c2cc(OC)c3c(c2)OCCO3)CC1. The fourth-order valence-electron chi connectivity index (χ4n) is 3.35. The second kappa shape index (κ2) is 9.64. The highest BCUT2D eigenvalue weighted by atomic mass is 16.6. The Labute approximate surface area is 165 Å². The summed E-state index contributed by atoms with van der Waals surface area (Å²) < 4.78 is 16.6. The average Bonchev–Trinajstić information content (AvgIpc) is 2.73. The standard InChI is InChI=1S/C20H29N3O5/c1-3-4-5-21-18(24)14-22-6-8-23(9-7-22)20(25)15-12-16(26-2)19-17(13-15)27-10-11-28-19/h12-13H,3-11,14H2,1-2H3,(H,21,24). The molecule has 2 aliphatic rings.